The number of carbonyl (C=O) groups is 1. The minimum Gasteiger partial charge on any atom is -0.391 e. The number of benzene rings is 1. The molecule has 0 bridgehead atoms. The molecule has 1 aliphatic heterocycles. The first-order valence-corrected chi connectivity index (χ1v) is 6.88. The van der Waals surface area contributed by atoms with E-state index in [2.05, 4.69) is 0 Å². The van der Waals surface area contributed by atoms with Gasteiger partial charge >= 0.3 is 0 Å². The zero-order valence-corrected chi connectivity index (χ0v) is 11.4. The summed E-state index contributed by atoms with van der Waals surface area (Å²) in [4.78, 5) is 14.0. The first-order chi connectivity index (χ1) is 9.11. The highest BCUT2D eigenvalue weighted by Gasteiger charge is 2.27. The number of piperidine rings is 1. The van der Waals surface area contributed by atoms with Crippen molar-refractivity contribution < 1.29 is 9.90 Å². The number of likely N-dealkylation sites (tertiary alicyclic amines) is 1. The molecule has 104 valence electrons. The zero-order valence-electron chi connectivity index (χ0n) is 11.4. The molecule has 1 aromatic carbocycles. The predicted molar refractivity (Wildman–Crippen MR) is 74.9 cm³/mol. The number of aliphatic hydroxyl groups is 1. The Labute approximate surface area is 114 Å². The molecule has 0 saturated carbocycles. The van der Waals surface area contributed by atoms with Crippen molar-refractivity contribution in [3.05, 3.63) is 35.4 Å². The van der Waals surface area contributed by atoms with Gasteiger partial charge in [0.05, 0.1) is 6.10 Å². The van der Waals surface area contributed by atoms with Crippen LogP contribution < -0.4 is 5.73 Å². The van der Waals surface area contributed by atoms with E-state index in [4.69, 9.17) is 5.73 Å². The van der Waals surface area contributed by atoms with Gasteiger partial charge in [0.1, 0.15) is 0 Å². The van der Waals surface area contributed by atoms with Gasteiger partial charge in [-0.3, -0.25) is 4.79 Å². The molecule has 0 aliphatic carbocycles. The third-order valence-corrected chi connectivity index (χ3v) is 3.84. The van der Waals surface area contributed by atoms with Crippen molar-refractivity contribution in [3.63, 3.8) is 0 Å². The van der Waals surface area contributed by atoms with Gasteiger partial charge in [0, 0.05) is 18.7 Å². The molecular weight excluding hydrogens is 240 g/mol. The van der Waals surface area contributed by atoms with Crippen LogP contribution in [0, 0.1) is 5.92 Å². The van der Waals surface area contributed by atoms with Crippen molar-refractivity contribution in [3.8, 4) is 0 Å². The number of hydrogen-bond acceptors (Lipinski definition) is 3. The summed E-state index contributed by atoms with van der Waals surface area (Å²) >= 11 is 0. The van der Waals surface area contributed by atoms with E-state index in [1.165, 1.54) is 0 Å². The Morgan fingerprint density at radius 2 is 2.11 bits per heavy atom. The molecule has 1 heterocycles. The number of rotatable bonds is 3. The normalized spacial score (nSPS) is 23.4. The highest BCUT2D eigenvalue weighted by molar-refractivity contribution is 5.94. The van der Waals surface area contributed by atoms with E-state index < -0.39 is 6.10 Å². The van der Waals surface area contributed by atoms with E-state index in [1.807, 2.05) is 31.2 Å². The number of β-amino-alcohol motifs (C(OH)–C–C–N with tert-alkyl or cyclic N) is 1. The van der Waals surface area contributed by atoms with Crippen LogP contribution >= 0.6 is 0 Å². The molecule has 2 rings (SSSR count). The minimum absolute atomic E-state index is 0.00486. The molecule has 1 fully saturated rings. The summed E-state index contributed by atoms with van der Waals surface area (Å²) in [7, 11) is 0. The fraction of sp³-hybridized carbons (Fsp3) is 0.533. The predicted octanol–water partition coefficient (Wildman–Crippen LogP) is 1.03. The summed E-state index contributed by atoms with van der Waals surface area (Å²) in [5.41, 5.74) is 7.33. The van der Waals surface area contributed by atoms with Crippen LogP contribution in [-0.2, 0) is 6.42 Å². The molecule has 0 spiro atoms. The van der Waals surface area contributed by atoms with Crippen LogP contribution in [0.4, 0.5) is 0 Å². The first-order valence-electron chi connectivity index (χ1n) is 6.88. The Kier molecular flexibility index (Phi) is 4.56. The van der Waals surface area contributed by atoms with Crippen molar-refractivity contribution in [1.82, 2.24) is 4.90 Å². The van der Waals surface area contributed by atoms with Crippen molar-refractivity contribution in [1.29, 1.82) is 0 Å². The van der Waals surface area contributed by atoms with Crippen LogP contribution in [0.5, 0.6) is 0 Å². The van der Waals surface area contributed by atoms with Gasteiger partial charge in [0.2, 0.25) is 0 Å². The van der Waals surface area contributed by atoms with Gasteiger partial charge in [0.25, 0.3) is 5.91 Å². The minimum atomic E-state index is -0.408. The lowest BCUT2D eigenvalue weighted by molar-refractivity contribution is 0.0248. The van der Waals surface area contributed by atoms with Crippen molar-refractivity contribution >= 4 is 5.91 Å². The second-order valence-electron chi connectivity index (χ2n) is 5.32. The summed E-state index contributed by atoms with van der Waals surface area (Å²) in [6.07, 6.45) is 1.28. The van der Waals surface area contributed by atoms with Crippen LogP contribution in [0.2, 0.25) is 0 Å². The van der Waals surface area contributed by atoms with E-state index in [0.29, 0.717) is 18.7 Å². The number of carbonyl (C=O) groups excluding carboxylic acids is 1. The highest BCUT2D eigenvalue weighted by atomic mass is 16.3. The van der Waals surface area contributed by atoms with Crippen molar-refractivity contribution in [2.24, 2.45) is 11.7 Å². The van der Waals surface area contributed by atoms with Crippen LogP contribution in [0.15, 0.2) is 24.3 Å². The van der Waals surface area contributed by atoms with Crippen LogP contribution in [0.25, 0.3) is 0 Å². The summed E-state index contributed by atoms with van der Waals surface area (Å²) < 4.78 is 0. The molecule has 1 amide bonds. The number of hydrogen-bond donors (Lipinski definition) is 2. The maximum atomic E-state index is 12.3. The molecular formula is C15H22N2O2. The third kappa shape index (κ3) is 3.33. The number of nitrogens with zero attached hydrogens (tertiary/aromatic N) is 1. The molecule has 19 heavy (non-hydrogen) atoms. The van der Waals surface area contributed by atoms with Gasteiger partial charge in [-0.15, -0.1) is 0 Å². The standard InChI is InChI=1S/C15H22N2O2/c1-11-7-9-17(10-14(11)18)15(19)13-4-2-12(3-5-13)6-8-16/h2-5,11,14,18H,6-10,16H2,1H3. The van der Waals surface area contributed by atoms with Gasteiger partial charge in [-0.2, -0.15) is 0 Å². The molecule has 0 aromatic heterocycles. The lowest BCUT2D eigenvalue weighted by Gasteiger charge is -2.34. The van der Waals surface area contributed by atoms with E-state index in [0.717, 1.165) is 24.9 Å². The van der Waals surface area contributed by atoms with E-state index in [1.54, 1.807) is 4.90 Å². The van der Waals surface area contributed by atoms with Crippen LogP contribution in [0.1, 0.15) is 29.3 Å². The van der Waals surface area contributed by atoms with Crippen molar-refractivity contribution in [2.75, 3.05) is 19.6 Å². The Hall–Kier alpha value is -1.39. The lowest BCUT2D eigenvalue weighted by atomic mass is 9.95. The molecule has 1 aromatic rings. The smallest absolute Gasteiger partial charge is 0.253 e. The summed E-state index contributed by atoms with van der Waals surface area (Å²) in [6.45, 7) is 3.80. The number of nitrogens with two attached hydrogens (primary N) is 1. The molecule has 3 N–H and O–H groups in total. The molecule has 1 aliphatic rings. The second-order valence-corrected chi connectivity index (χ2v) is 5.32. The largest absolute Gasteiger partial charge is 0.391 e. The third-order valence-electron chi connectivity index (χ3n) is 3.84. The summed E-state index contributed by atoms with van der Waals surface area (Å²) in [6, 6.07) is 7.58. The Balaban J connectivity index is 2.03. The molecule has 0 radical (unpaired) electrons. The van der Waals surface area contributed by atoms with Gasteiger partial charge in [-0.1, -0.05) is 19.1 Å². The maximum Gasteiger partial charge on any atom is 0.253 e. The van der Waals surface area contributed by atoms with Crippen LogP contribution in [-0.4, -0.2) is 41.7 Å². The van der Waals surface area contributed by atoms with Gasteiger partial charge in [0.15, 0.2) is 0 Å². The summed E-state index contributed by atoms with van der Waals surface area (Å²) in [5.74, 6) is 0.279. The Morgan fingerprint density at radius 3 is 2.68 bits per heavy atom. The topological polar surface area (TPSA) is 66.6 Å². The van der Waals surface area contributed by atoms with Gasteiger partial charge < -0.3 is 15.7 Å². The molecule has 4 nitrogen and oxygen atoms in total. The fourth-order valence-electron chi connectivity index (χ4n) is 2.40. The SMILES string of the molecule is CC1CCN(C(=O)c2ccc(CCN)cc2)CC1O. The molecule has 4 heteroatoms. The van der Waals surface area contributed by atoms with Crippen LogP contribution in [0.3, 0.4) is 0 Å². The van der Waals surface area contributed by atoms with Crippen molar-refractivity contribution in [2.45, 2.75) is 25.9 Å². The zero-order chi connectivity index (χ0) is 13.8. The molecule has 2 unspecified atom stereocenters. The lowest BCUT2D eigenvalue weighted by Crippen LogP contribution is -2.45. The summed E-state index contributed by atoms with van der Waals surface area (Å²) in [5, 5.41) is 9.85. The van der Waals surface area contributed by atoms with Gasteiger partial charge in [-0.05, 0) is 43.0 Å². The average molecular weight is 262 g/mol. The van der Waals surface area contributed by atoms with E-state index in [-0.39, 0.29) is 11.8 Å². The fourth-order valence-corrected chi connectivity index (χ4v) is 2.40. The van der Waals surface area contributed by atoms with E-state index >= 15 is 0 Å². The Morgan fingerprint density at radius 1 is 1.42 bits per heavy atom. The average Bonchev–Trinajstić information content (AvgIpc) is 2.42. The number of amides is 1. The highest BCUT2D eigenvalue weighted by Crippen LogP contribution is 2.19. The maximum absolute atomic E-state index is 12.3. The molecule has 1 saturated heterocycles. The second kappa shape index (κ2) is 6.17. The Bertz CT molecular complexity index is 430. The number of aliphatic hydroxyl groups excluding tert-OH is 1. The molecule has 2 atom stereocenters. The van der Waals surface area contributed by atoms with Gasteiger partial charge in [-0.25, -0.2) is 0 Å². The monoisotopic (exact) mass is 262 g/mol. The van der Waals surface area contributed by atoms with E-state index in [9.17, 15) is 9.90 Å². The quantitative estimate of drug-likeness (QED) is 0.855. The first kappa shape index (κ1) is 14.0.